The van der Waals surface area contributed by atoms with Gasteiger partial charge in [0.15, 0.2) is 0 Å². The maximum absolute atomic E-state index is 5.44. The first kappa shape index (κ1) is 12.3. The Kier molecular flexibility index (Phi) is 3.74. The normalized spacial score (nSPS) is 22.3. The molecule has 0 spiro atoms. The van der Waals surface area contributed by atoms with Crippen molar-refractivity contribution in [2.45, 2.75) is 19.4 Å². The zero-order valence-electron chi connectivity index (χ0n) is 10.5. The highest BCUT2D eigenvalue weighted by molar-refractivity contribution is 7.10. The Bertz CT molecular complexity index is 383. The first-order valence-electron chi connectivity index (χ1n) is 6.57. The van der Waals surface area contributed by atoms with Crippen LogP contribution in [-0.4, -0.2) is 52.1 Å². The molecule has 2 heterocycles. The van der Waals surface area contributed by atoms with Crippen molar-refractivity contribution in [2.75, 3.05) is 38.1 Å². The van der Waals surface area contributed by atoms with Crippen molar-refractivity contribution in [3.8, 4) is 0 Å². The molecule has 3 N–H and O–H groups in total. The van der Waals surface area contributed by atoms with E-state index in [1.165, 1.54) is 44.0 Å². The third-order valence-electron chi connectivity index (χ3n) is 3.74. The molecular weight excluding hydrogens is 248 g/mol. The molecule has 0 bridgehead atoms. The van der Waals surface area contributed by atoms with Crippen molar-refractivity contribution >= 4 is 16.5 Å². The quantitative estimate of drug-likeness (QED) is 0.593. The molecular formula is C11H20N6S. The lowest BCUT2D eigenvalue weighted by atomic mass is 10.2. The molecule has 1 saturated heterocycles. The Balaban J connectivity index is 1.47. The Morgan fingerprint density at radius 2 is 1.94 bits per heavy atom. The number of nitrogens with zero attached hydrogens (tertiary/aromatic N) is 4. The Morgan fingerprint density at radius 3 is 2.61 bits per heavy atom. The van der Waals surface area contributed by atoms with Crippen molar-refractivity contribution in [3.05, 3.63) is 5.69 Å². The van der Waals surface area contributed by atoms with Gasteiger partial charge in [0.25, 0.3) is 0 Å². The van der Waals surface area contributed by atoms with Crippen molar-refractivity contribution in [3.63, 3.8) is 0 Å². The maximum atomic E-state index is 5.44. The number of hydrogen-bond acceptors (Lipinski definition) is 7. The van der Waals surface area contributed by atoms with Crippen molar-refractivity contribution in [1.82, 2.24) is 19.4 Å². The molecule has 1 aromatic heterocycles. The first-order valence-corrected chi connectivity index (χ1v) is 7.35. The van der Waals surface area contributed by atoms with Gasteiger partial charge in [0.2, 0.25) is 0 Å². The minimum absolute atomic E-state index is 0.854. The van der Waals surface area contributed by atoms with Gasteiger partial charge in [0, 0.05) is 50.8 Å². The molecule has 1 saturated carbocycles. The zero-order chi connectivity index (χ0) is 12.4. The van der Waals surface area contributed by atoms with E-state index in [1.807, 2.05) is 0 Å². The highest BCUT2D eigenvalue weighted by atomic mass is 32.1. The van der Waals surface area contributed by atoms with Gasteiger partial charge in [-0.15, -0.1) is 5.10 Å². The van der Waals surface area contributed by atoms with Crippen LogP contribution in [0.3, 0.4) is 0 Å². The molecule has 18 heavy (non-hydrogen) atoms. The fourth-order valence-electron chi connectivity index (χ4n) is 2.43. The van der Waals surface area contributed by atoms with Crippen LogP contribution in [0.5, 0.6) is 0 Å². The van der Waals surface area contributed by atoms with Crippen LogP contribution in [0.15, 0.2) is 0 Å². The summed E-state index contributed by atoms with van der Waals surface area (Å²) in [4.78, 5) is 5.02. The number of aromatic nitrogens is 2. The SMILES string of the molecule is NNc1snnc1CN1CCN(CC2CC2)CC1. The van der Waals surface area contributed by atoms with E-state index in [1.54, 1.807) is 0 Å². The third kappa shape index (κ3) is 2.97. The molecule has 0 radical (unpaired) electrons. The van der Waals surface area contributed by atoms with Gasteiger partial charge in [0.1, 0.15) is 10.7 Å². The van der Waals surface area contributed by atoms with Crippen molar-refractivity contribution in [1.29, 1.82) is 0 Å². The van der Waals surface area contributed by atoms with E-state index in [2.05, 4.69) is 24.8 Å². The minimum atomic E-state index is 0.854. The molecule has 100 valence electrons. The molecule has 0 amide bonds. The smallest absolute Gasteiger partial charge is 0.148 e. The summed E-state index contributed by atoms with van der Waals surface area (Å²) in [7, 11) is 0. The van der Waals surface area contributed by atoms with Gasteiger partial charge in [-0.05, 0) is 18.8 Å². The van der Waals surface area contributed by atoms with Crippen LogP contribution in [0.2, 0.25) is 0 Å². The number of hydrogen-bond donors (Lipinski definition) is 2. The summed E-state index contributed by atoms with van der Waals surface area (Å²) in [6, 6.07) is 0. The lowest BCUT2D eigenvalue weighted by Gasteiger charge is -2.34. The second-order valence-electron chi connectivity index (χ2n) is 5.21. The molecule has 2 aliphatic rings. The summed E-state index contributed by atoms with van der Waals surface area (Å²) >= 11 is 1.32. The molecule has 1 aliphatic carbocycles. The van der Waals surface area contributed by atoms with Crippen LogP contribution in [0.1, 0.15) is 18.5 Å². The summed E-state index contributed by atoms with van der Waals surface area (Å²) in [6.07, 6.45) is 2.88. The summed E-state index contributed by atoms with van der Waals surface area (Å²) in [6.45, 7) is 6.76. The average molecular weight is 268 g/mol. The molecule has 6 nitrogen and oxygen atoms in total. The highest BCUT2D eigenvalue weighted by Crippen LogP contribution is 2.30. The Morgan fingerprint density at radius 1 is 1.22 bits per heavy atom. The van der Waals surface area contributed by atoms with Gasteiger partial charge in [-0.2, -0.15) is 0 Å². The molecule has 0 aromatic carbocycles. The van der Waals surface area contributed by atoms with Crippen LogP contribution in [0, 0.1) is 5.92 Å². The molecule has 1 aliphatic heterocycles. The second-order valence-corrected chi connectivity index (χ2v) is 5.97. The van der Waals surface area contributed by atoms with Gasteiger partial charge < -0.3 is 10.3 Å². The number of nitrogen functional groups attached to an aromatic ring is 1. The van der Waals surface area contributed by atoms with E-state index in [4.69, 9.17) is 5.84 Å². The minimum Gasteiger partial charge on any atom is -0.313 e. The lowest BCUT2D eigenvalue weighted by molar-refractivity contribution is 0.122. The van der Waals surface area contributed by atoms with Gasteiger partial charge in [-0.25, -0.2) is 5.84 Å². The second kappa shape index (κ2) is 5.48. The number of anilines is 1. The van der Waals surface area contributed by atoms with E-state index in [-0.39, 0.29) is 0 Å². The van der Waals surface area contributed by atoms with Crippen LogP contribution in [-0.2, 0) is 6.54 Å². The summed E-state index contributed by atoms with van der Waals surface area (Å²) < 4.78 is 3.93. The van der Waals surface area contributed by atoms with E-state index in [0.717, 1.165) is 36.2 Å². The van der Waals surface area contributed by atoms with E-state index >= 15 is 0 Å². The average Bonchev–Trinajstić information content (AvgIpc) is 3.09. The first-order chi connectivity index (χ1) is 8.85. The van der Waals surface area contributed by atoms with E-state index in [9.17, 15) is 0 Å². The number of rotatable bonds is 5. The Hall–Kier alpha value is -0.760. The maximum Gasteiger partial charge on any atom is 0.148 e. The molecule has 7 heteroatoms. The number of hydrazine groups is 1. The predicted molar refractivity (Wildman–Crippen MR) is 72.2 cm³/mol. The van der Waals surface area contributed by atoms with Gasteiger partial charge in [-0.1, -0.05) is 4.49 Å². The lowest BCUT2D eigenvalue weighted by Crippen LogP contribution is -2.46. The van der Waals surface area contributed by atoms with Gasteiger partial charge in [-0.3, -0.25) is 4.90 Å². The van der Waals surface area contributed by atoms with Gasteiger partial charge >= 0.3 is 0 Å². The van der Waals surface area contributed by atoms with Crippen LogP contribution in [0.25, 0.3) is 0 Å². The molecule has 1 aromatic rings. The Labute approximate surface area is 111 Å². The summed E-state index contributed by atoms with van der Waals surface area (Å²) in [5.41, 5.74) is 3.64. The predicted octanol–water partition coefficient (Wildman–Crippen LogP) is 0.351. The molecule has 0 atom stereocenters. The van der Waals surface area contributed by atoms with Crippen LogP contribution >= 0.6 is 11.5 Å². The molecule has 2 fully saturated rings. The van der Waals surface area contributed by atoms with Crippen LogP contribution in [0.4, 0.5) is 5.00 Å². The molecule has 3 rings (SSSR count). The largest absolute Gasteiger partial charge is 0.313 e. The van der Waals surface area contributed by atoms with E-state index < -0.39 is 0 Å². The number of piperazine rings is 1. The monoisotopic (exact) mass is 268 g/mol. The highest BCUT2D eigenvalue weighted by Gasteiger charge is 2.26. The molecule has 0 unspecified atom stereocenters. The third-order valence-corrected chi connectivity index (χ3v) is 4.44. The number of nitrogens with one attached hydrogen (secondary N) is 1. The zero-order valence-corrected chi connectivity index (χ0v) is 11.3. The van der Waals surface area contributed by atoms with Crippen molar-refractivity contribution < 1.29 is 0 Å². The van der Waals surface area contributed by atoms with Crippen LogP contribution < -0.4 is 11.3 Å². The van der Waals surface area contributed by atoms with Crippen molar-refractivity contribution in [2.24, 2.45) is 11.8 Å². The van der Waals surface area contributed by atoms with E-state index in [0.29, 0.717) is 0 Å². The standard InChI is InChI=1S/C11H20N6S/c12-13-11-10(14-15-18-11)8-17-5-3-16(4-6-17)7-9-1-2-9/h9,13H,1-8,12H2. The summed E-state index contributed by atoms with van der Waals surface area (Å²) in [5, 5.41) is 5.01. The number of nitrogens with two attached hydrogens (primary N) is 1. The fraction of sp³-hybridized carbons (Fsp3) is 0.818. The topological polar surface area (TPSA) is 70.3 Å². The summed E-state index contributed by atoms with van der Waals surface area (Å²) in [5.74, 6) is 6.43. The van der Waals surface area contributed by atoms with Gasteiger partial charge in [0.05, 0.1) is 0 Å². The fourth-order valence-corrected chi connectivity index (χ4v) is 2.91.